The number of aromatic amines is 2. The van der Waals surface area contributed by atoms with Crippen LogP contribution in [0.1, 0.15) is 29.8 Å². The molecule has 1 amide bonds. The fourth-order valence-electron chi connectivity index (χ4n) is 1.75. The third-order valence-corrected chi connectivity index (χ3v) is 3.18. The molecule has 0 spiro atoms. The summed E-state index contributed by atoms with van der Waals surface area (Å²) < 4.78 is 21.1. The molecule has 0 radical (unpaired) electrons. The number of carbonyl (C=O) groups is 1. The Morgan fingerprint density at radius 1 is 1.29 bits per heavy atom. The molecule has 1 aliphatic rings. The molecule has 3 N–H and O–H groups in total. The van der Waals surface area contributed by atoms with Crippen LogP contribution in [0.4, 0.5) is 0 Å². The van der Waals surface area contributed by atoms with Crippen LogP contribution in [0.25, 0.3) is 0 Å². The lowest BCUT2D eigenvalue weighted by Gasteiger charge is -2.26. The van der Waals surface area contributed by atoms with Crippen molar-refractivity contribution >= 4 is 16.2 Å². The fraction of sp³-hybridized carbons (Fsp3) is 0.556. The van der Waals surface area contributed by atoms with Crippen molar-refractivity contribution in [2.45, 2.75) is 19.3 Å². The van der Waals surface area contributed by atoms with Crippen molar-refractivity contribution < 1.29 is 13.2 Å². The molecule has 0 unspecified atom stereocenters. The summed E-state index contributed by atoms with van der Waals surface area (Å²) in [6, 6.07) is 0. The summed E-state index contributed by atoms with van der Waals surface area (Å²) in [6.07, 6.45) is 4.65. The number of hydrazine groups is 1. The van der Waals surface area contributed by atoms with Crippen LogP contribution in [-0.2, 0) is 10.3 Å². The van der Waals surface area contributed by atoms with E-state index in [0.717, 1.165) is 25.9 Å². The Kier molecular flexibility index (Phi) is 3.64. The maximum Gasteiger partial charge on any atom is 0.283 e. The van der Waals surface area contributed by atoms with Crippen molar-refractivity contribution in [2.24, 2.45) is 0 Å². The Bertz CT molecular complexity index is 557. The quantitative estimate of drug-likeness (QED) is 0.644. The normalized spacial score (nSPS) is 16.7. The summed E-state index contributed by atoms with van der Waals surface area (Å²) in [6.45, 7) is 1.66. The average molecular weight is 258 g/mol. The molecule has 1 aromatic rings. The van der Waals surface area contributed by atoms with Gasteiger partial charge in [0.15, 0.2) is 0 Å². The molecule has 1 fully saturated rings. The van der Waals surface area contributed by atoms with Crippen LogP contribution in [0, 0.1) is 4.77 Å². The van der Waals surface area contributed by atoms with Gasteiger partial charge in [0.1, 0.15) is 5.69 Å². The van der Waals surface area contributed by atoms with E-state index in [0.29, 0.717) is 0 Å². The third kappa shape index (κ3) is 2.98. The summed E-state index contributed by atoms with van der Waals surface area (Å²) in [5.41, 5.74) is 2.93. The first-order valence-corrected chi connectivity index (χ1v) is 6.50. The molecule has 1 saturated heterocycles. The smallest absolute Gasteiger partial charge is 0.283 e. The number of nitrogens with zero attached hydrogens (tertiary/aromatic N) is 1. The zero-order valence-electron chi connectivity index (χ0n) is 9.19. The lowest BCUT2D eigenvalue weighted by Crippen LogP contribution is -2.45. The second-order valence-electron chi connectivity index (χ2n) is 3.88. The van der Waals surface area contributed by atoms with Crippen molar-refractivity contribution in [3.8, 4) is 0 Å². The molecule has 2 rings (SSSR count). The number of hydrogen-bond donors (Lipinski definition) is 3. The maximum absolute atomic E-state index is 11.7. The van der Waals surface area contributed by atoms with E-state index in [9.17, 15) is 13.2 Å². The number of aromatic nitrogens is 2. The van der Waals surface area contributed by atoms with Gasteiger partial charge in [0.25, 0.3) is 16.2 Å². The Hall–Kier alpha value is -1.54. The van der Waals surface area contributed by atoms with Gasteiger partial charge in [-0.25, -0.2) is 5.01 Å². The van der Waals surface area contributed by atoms with Gasteiger partial charge in [0, 0.05) is 19.3 Å². The van der Waals surface area contributed by atoms with Gasteiger partial charge in [0.05, 0.1) is 0 Å². The van der Waals surface area contributed by atoms with E-state index < -0.39 is 10.3 Å². The standard InChI is InChI=1S/C9H14N4O3S/c14-8(12-13-4-2-1-3-5-13)7-6-10-9(11-7)17(15)16/h6,10-11H,1-5H2,(H,12,14). The van der Waals surface area contributed by atoms with Crippen LogP contribution >= 0.6 is 0 Å². The summed E-state index contributed by atoms with van der Waals surface area (Å²) >= 11 is 0. The lowest BCUT2D eigenvalue weighted by atomic mass is 10.2. The van der Waals surface area contributed by atoms with Crippen molar-refractivity contribution in [1.29, 1.82) is 0 Å². The Balaban J connectivity index is 2.06. The highest BCUT2D eigenvalue weighted by Gasteiger charge is 2.14. The molecule has 0 saturated carbocycles. The highest BCUT2D eigenvalue weighted by molar-refractivity contribution is 7.63. The second-order valence-corrected chi connectivity index (χ2v) is 4.76. The van der Waals surface area contributed by atoms with Gasteiger partial charge < -0.3 is 9.97 Å². The molecule has 0 aromatic carbocycles. The van der Waals surface area contributed by atoms with Crippen molar-refractivity contribution in [1.82, 2.24) is 20.4 Å². The molecule has 1 aliphatic heterocycles. The molecule has 94 valence electrons. The van der Waals surface area contributed by atoms with Crippen LogP contribution in [-0.4, -0.2) is 42.4 Å². The zero-order chi connectivity index (χ0) is 12.3. The van der Waals surface area contributed by atoms with E-state index in [1.54, 1.807) is 0 Å². The predicted octanol–water partition coefficient (Wildman–Crippen LogP) is -0.115. The first-order chi connectivity index (χ1) is 8.16. The monoisotopic (exact) mass is 258 g/mol. The number of hydrogen-bond acceptors (Lipinski definition) is 4. The highest BCUT2D eigenvalue weighted by atomic mass is 32.2. The minimum absolute atomic E-state index is 0.103. The van der Waals surface area contributed by atoms with Gasteiger partial charge in [-0.05, 0) is 12.8 Å². The van der Waals surface area contributed by atoms with E-state index in [1.807, 2.05) is 5.01 Å². The zero-order valence-corrected chi connectivity index (χ0v) is 10.0. The van der Waals surface area contributed by atoms with Gasteiger partial charge in [-0.2, -0.15) is 8.42 Å². The maximum atomic E-state index is 11.7. The number of rotatable bonds is 2. The van der Waals surface area contributed by atoms with E-state index >= 15 is 0 Å². The molecule has 0 bridgehead atoms. The molecule has 0 aliphatic carbocycles. The van der Waals surface area contributed by atoms with E-state index in [4.69, 9.17) is 0 Å². The van der Waals surface area contributed by atoms with Gasteiger partial charge in [-0.1, -0.05) is 6.42 Å². The van der Waals surface area contributed by atoms with Crippen LogP contribution in [0.5, 0.6) is 0 Å². The summed E-state index contributed by atoms with van der Waals surface area (Å²) in [4.78, 5) is 16.7. The number of amides is 1. The third-order valence-electron chi connectivity index (χ3n) is 2.62. The average Bonchev–Trinajstić information content (AvgIpc) is 2.79. The van der Waals surface area contributed by atoms with Gasteiger partial charge in [0.2, 0.25) is 4.77 Å². The van der Waals surface area contributed by atoms with E-state index in [-0.39, 0.29) is 16.4 Å². The number of piperidine rings is 1. The van der Waals surface area contributed by atoms with E-state index in [1.165, 1.54) is 12.6 Å². The summed E-state index contributed by atoms with van der Waals surface area (Å²) in [7, 11) is -2.39. The number of carbonyl (C=O) groups excluding carboxylic acids is 1. The topological polar surface area (TPSA) is 98.1 Å². The molecule has 8 heteroatoms. The molecule has 0 atom stereocenters. The molecule has 2 heterocycles. The molecule has 7 nitrogen and oxygen atoms in total. The van der Waals surface area contributed by atoms with Gasteiger partial charge in [-0.3, -0.25) is 10.2 Å². The second kappa shape index (κ2) is 5.19. The first kappa shape index (κ1) is 11.9. The number of imidazole rings is 1. The van der Waals surface area contributed by atoms with Crippen molar-refractivity contribution in [2.75, 3.05) is 13.1 Å². The first-order valence-electron chi connectivity index (χ1n) is 5.42. The van der Waals surface area contributed by atoms with Crippen molar-refractivity contribution in [3.63, 3.8) is 0 Å². The predicted molar refractivity (Wildman–Crippen MR) is 60.2 cm³/mol. The Labute approximate surface area is 99.3 Å². The van der Waals surface area contributed by atoms with Crippen LogP contribution < -0.4 is 5.43 Å². The van der Waals surface area contributed by atoms with Crippen molar-refractivity contribution in [3.05, 3.63) is 16.7 Å². The SMILES string of the molecule is O=C(NN1CCCCC1)c1c[nH]c(=S(=O)=O)[nH]1. The Morgan fingerprint density at radius 2 is 2.00 bits per heavy atom. The minimum Gasteiger partial charge on any atom is -0.333 e. The van der Waals surface area contributed by atoms with Crippen LogP contribution in [0.3, 0.4) is 0 Å². The fourth-order valence-corrected chi connectivity index (χ4v) is 2.10. The molecule has 17 heavy (non-hydrogen) atoms. The summed E-state index contributed by atoms with van der Waals surface area (Å²) in [5, 5.41) is 1.85. The molecular formula is C9H14N4O3S. The van der Waals surface area contributed by atoms with Gasteiger partial charge >= 0.3 is 0 Å². The number of nitrogens with one attached hydrogen (secondary N) is 3. The molecule has 1 aromatic heterocycles. The number of H-pyrrole nitrogens is 2. The van der Waals surface area contributed by atoms with Gasteiger partial charge in [-0.15, -0.1) is 0 Å². The minimum atomic E-state index is -2.39. The molecular weight excluding hydrogens is 244 g/mol. The lowest BCUT2D eigenvalue weighted by molar-refractivity contribution is 0.0745. The van der Waals surface area contributed by atoms with Crippen LogP contribution in [0.15, 0.2) is 6.20 Å². The highest BCUT2D eigenvalue weighted by Crippen LogP contribution is 2.06. The van der Waals surface area contributed by atoms with Crippen LogP contribution in [0.2, 0.25) is 0 Å². The summed E-state index contributed by atoms with van der Waals surface area (Å²) in [5.74, 6) is -0.333. The van der Waals surface area contributed by atoms with E-state index in [2.05, 4.69) is 15.4 Å². The largest absolute Gasteiger partial charge is 0.333 e. The Morgan fingerprint density at radius 3 is 2.59 bits per heavy atom.